The van der Waals surface area contributed by atoms with Gasteiger partial charge in [0.15, 0.2) is 6.04 Å². The summed E-state index contributed by atoms with van der Waals surface area (Å²) in [6, 6.07) is 5.73. The van der Waals surface area contributed by atoms with Crippen LogP contribution in [0.25, 0.3) is 0 Å². The predicted octanol–water partition coefficient (Wildman–Crippen LogP) is 1.79. The van der Waals surface area contributed by atoms with Gasteiger partial charge in [0, 0.05) is 18.2 Å². The Hall–Kier alpha value is -2.41. The standard InChI is InChI=1S/C25H33N3O4/c1-25(2)10-12-27(13-11-25)19-4-3-5-21(19)32-17-6-7-18-16(14-17)15-28(24(18)31)20-8-9-22(29)26-23(20)30/h6-7,14,19-21H,3-5,8-13,15H2,1-2H3,(H,26,29,30)/p+1/t19-,20?,21-/m0/s1. The second-order valence-electron chi connectivity index (χ2n) is 10.6. The van der Waals surface area contributed by atoms with Crippen molar-refractivity contribution in [2.75, 3.05) is 13.1 Å². The SMILES string of the molecule is CC1(C)CCN([C@H]2CCC[C@@H]2Oc2ccc3c(c2)CN(C2CCC(=O)[NH+]=C2O)C3=O)CC1. The second-order valence-corrected chi connectivity index (χ2v) is 10.6. The molecule has 1 aliphatic carbocycles. The van der Waals surface area contributed by atoms with Crippen LogP contribution in [-0.2, 0) is 11.3 Å². The topological polar surface area (TPSA) is 84.1 Å². The molecule has 0 bridgehead atoms. The van der Waals surface area contributed by atoms with E-state index in [1.54, 1.807) is 4.90 Å². The summed E-state index contributed by atoms with van der Waals surface area (Å²) in [7, 11) is 0. The number of hydrogen-bond donors (Lipinski definition) is 2. The first kappa shape index (κ1) is 21.4. The van der Waals surface area contributed by atoms with Crippen LogP contribution in [0.5, 0.6) is 5.75 Å². The van der Waals surface area contributed by atoms with Gasteiger partial charge in [0.25, 0.3) is 5.91 Å². The quantitative estimate of drug-likeness (QED) is 0.746. The first-order chi connectivity index (χ1) is 15.3. The van der Waals surface area contributed by atoms with Gasteiger partial charge < -0.3 is 14.7 Å². The third-order valence-corrected chi connectivity index (χ3v) is 7.84. The fourth-order valence-corrected chi connectivity index (χ4v) is 5.74. The van der Waals surface area contributed by atoms with E-state index in [9.17, 15) is 14.7 Å². The van der Waals surface area contributed by atoms with Crippen molar-refractivity contribution < 1.29 is 24.4 Å². The van der Waals surface area contributed by atoms with Gasteiger partial charge in [-0.25, -0.2) is 4.79 Å². The van der Waals surface area contributed by atoms with Crippen molar-refractivity contribution in [3.63, 3.8) is 0 Å². The predicted molar refractivity (Wildman–Crippen MR) is 120 cm³/mol. The molecule has 2 amide bonds. The van der Waals surface area contributed by atoms with Crippen molar-refractivity contribution in [3.8, 4) is 5.75 Å². The number of piperidine rings is 1. The Labute approximate surface area is 189 Å². The van der Waals surface area contributed by atoms with Gasteiger partial charge in [-0.1, -0.05) is 13.8 Å². The highest BCUT2D eigenvalue weighted by Crippen LogP contribution is 2.36. The normalized spacial score (nSPS) is 30.4. The molecule has 32 heavy (non-hydrogen) atoms. The number of benzene rings is 1. The van der Waals surface area contributed by atoms with Gasteiger partial charge >= 0.3 is 11.8 Å². The first-order valence-electron chi connectivity index (χ1n) is 12.0. The molecular weight excluding hydrogens is 406 g/mol. The molecule has 1 aromatic rings. The van der Waals surface area contributed by atoms with Crippen LogP contribution >= 0.6 is 0 Å². The lowest BCUT2D eigenvalue weighted by Crippen LogP contribution is -2.82. The third-order valence-electron chi connectivity index (χ3n) is 7.84. The van der Waals surface area contributed by atoms with E-state index in [1.807, 2.05) is 18.2 Å². The summed E-state index contributed by atoms with van der Waals surface area (Å²) in [6.45, 7) is 7.43. The summed E-state index contributed by atoms with van der Waals surface area (Å²) >= 11 is 0. The van der Waals surface area contributed by atoms with E-state index in [0.29, 0.717) is 36.4 Å². The van der Waals surface area contributed by atoms with Crippen molar-refractivity contribution in [3.05, 3.63) is 29.3 Å². The molecule has 2 fully saturated rings. The second kappa shape index (κ2) is 8.18. The Kier molecular flexibility index (Phi) is 5.48. The fourth-order valence-electron chi connectivity index (χ4n) is 5.74. The van der Waals surface area contributed by atoms with E-state index in [-0.39, 0.29) is 23.8 Å². The monoisotopic (exact) mass is 440 g/mol. The van der Waals surface area contributed by atoms with Crippen LogP contribution in [0.3, 0.4) is 0 Å². The molecule has 0 radical (unpaired) electrons. The molecule has 0 spiro atoms. The molecule has 3 atom stereocenters. The number of aliphatic hydroxyl groups excluding tert-OH is 1. The Morgan fingerprint density at radius 2 is 1.91 bits per heavy atom. The van der Waals surface area contributed by atoms with Gasteiger partial charge in [-0.15, -0.1) is 4.99 Å². The average molecular weight is 441 g/mol. The highest BCUT2D eigenvalue weighted by atomic mass is 16.5. The maximum absolute atomic E-state index is 12.9. The van der Waals surface area contributed by atoms with Crippen LogP contribution in [0.15, 0.2) is 18.2 Å². The number of fused-ring (bicyclic) bond motifs is 1. The maximum Gasteiger partial charge on any atom is 0.388 e. The summed E-state index contributed by atoms with van der Waals surface area (Å²) in [5, 5.41) is 10.2. The van der Waals surface area contributed by atoms with Crippen LogP contribution in [-0.4, -0.2) is 63.9 Å². The number of nitrogens with one attached hydrogen (secondary N) is 1. The number of aliphatic hydroxyl groups is 1. The van der Waals surface area contributed by atoms with Crippen LogP contribution in [0.2, 0.25) is 0 Å². The largest absolute Gasteiger partial charge is 0.489 e. The van der Waals surface area contributed by atoms with E-state index < -0.39 is 6.04 Å². The molecule has 7 nitrogen and oxygen atoms in total. The Morgan fingerprint density at radius 1 is 1.12 bits per heavy atom. The number of carbonyl (C=O) groups excluding carboxylic acids is 2. The van der Waals surface area contributed by atoms with Crippen molar-refractivity contribution in [1.82, 2.24) is 9.80 Å². The third kappa shape index (κ3) is 4.03. The number of nitrogens with zero attached hydrogens (tertiary/aromatic N) is 2. The van der Waals surface area contributed by atoms with Gasteiger partial charge in [-0.2, -0.15) is 0 Å². The summed E-state index contributed by atoms with van der Waals surface area (Å²) in [4.78, 5) is 31.2. The molecule has 1 saturated carbocycles. The Bertz CT molecular complexity index is 947. The minimum atomic E-state index is -0.473. The fraction of sp³-hybridized carbons (Fsp3) is 0.640. The molecule has 1 saturated heterocycles. The van der Waals surface area contributed by atoms with Gasteiger partial charge in [0.1, 0.15) is 11.9 Å². The van der Waals surface area contributed by atoms with E-state index >= 15 is 0 Å². The van der Waals surface area contributed by atoms with Crippen molar-refractivity contribution in [2.45, 2.75) is 83.5 Å². The van der Waals surface area contributed by atoms with Crippen molar-refractivity contribution in [1.29, 1.82) is 0 Å². The van der Waals surface area contributed by atoms with Crippen molar-refractivity contribution in [2.24, 2.45) is 5.41 Å². The van der Waals surface area contributed by atoms with Crippen molar-refractivity contribution >= 4 is 17.7 Å². The number of likely N-dealkylation sites (tertiary alicyclic amines) is 1. The summed E-state index contributed by atoms with van der Waals surface area (Å²) in [6.07, 6.45) is 6.85. The first-order valence-corrected chi connectivity index (χ1v) is 12.0. The number of rotatable bonds is 4. The molecule has 1 unspecified atom stereocenters. The average Bonchev–Trinajstić information content (AvgIpc) is 3.33. The molecule has 3 heterocycles. The lowest BCUT2D eigenvalue weighted by molar-refractivity contribution is -0.394. The van der Waals surface area contributed by atoms with Crippen LogP contribution in [0, 0.1) is 5.41 Å². The van der Waals surface area contributed by atoms with E-state index in [2.05, 4.69) is 23.7 Å². The smallest absolute Gasteiger partial charge is 0.388 e. The van der Waals surface area contributed by atoms with E-state index in [4.69, 9.17) is 4.74 Å². The molecule has 2 N–H and O–H groups in total. The van der Waals surface area contributed by atoms with E-state index in [1.165, 1.54) is 25.7 Å². The molecule has 3 aliphatic heterocycles. The molecular formula is C25H34N3O4+. The molecule has 172 valence electrons. The van der Waals surface area contributed by atoms with Gasteiger partial charge in [-0.05, 0) is 80.8 Å². The minimum Gasteiger partial charge on any atom is -0.489 e. The summed E-state index contributed by atoms with van der Waals surface area (Å²) in [5.74, 6) is 0.381. The van der Waals surface area contributed by atoms with Gasteiger partial charge in [0.05, 0.1) is 6.42 Å². The zero-order valence-corrected chi connectivity index (χ0v) is 19.1. The molecule has 1 aromatic carbocycles. The highest BCUT2D eigenvalue weighted by molar-refractivity contribution is 6.01. The number of ether oxygens (including phenoxy) is 1. The van der Waals surface area contributed by atoms with Crippen LogP contribution in [0.1, 0.15) is 74.7 Å². The highest BCUT2D eigenvalue weighted by Gasteiger charge is 2.41. The maximum atomic E-state index is 12.9. The molecule has 7 heteroatoms. The lowest BCUT2D eigenvalue weighted by Gasteiger charge is -2.41. The molecule has 4 aliphatic rings. The lowest BCUT2D eigenvalue weighted by atomic mass is 9.82. The summed E-state index contributed by atoms with van der Waals surface area (Å²) < 4.78 is 6.49. The molecule has 0 aromatic heterocycles. The van der Waals surface area contributed by atoms with E-state index in [0.717, 1.165) is 30.8 Å². The number of amides is 2. The van der Waals surface area contributed by atoms with Gasteiger partial charge in [0.2, 0.25) is 0 Å². The molecule has 5 rings (SSSR count). The van der Waals surface area contributed by atoms with Gasteiger partial charge in [-0.3, -0.25) is 9.69 Å². The van der Waals surface area contributed by atoms with Crippen LogP contribution < -0.4 is 9.73 Å². The summed E-state index contributed by atoms with van der Waals surface area (Å²) in [5.41, 5.74) is 2.02. The number of carbonyl (C=O) groups is 2. The number of hydrogen-bond acceptors (Lipinski definition) is 4. The zero-order valence-electron chi connectivity index (χ0n) is 19.1. The van der Waals surface area contributed by atoms with Crippen LogP contribution in [0.4, 0.5) is 0 Å². The Morgan fingerprint density at radius 3 is 2.66 bits per heavy atom. The minimum absolute atomic E-state index is 0.103. The zero-order chi connectivity index (χ0) is 22.5. The Balaban J connectivity index is 1.27.